The summed E-state index contributed by atoms with van der Waals surface area (Å²) in [5.74, 6) is -15.9. The molecule has 0 aromatic carbocycles. The van der Waals surface area contributed by atoms with Crippen LogP contribution in [-0.2, 0) is 47.8 Å². The molecule has 0 aromatic rings. The van der Waals surface area contributed by atoms with E-state index >= 15 is 0 Å². The molecule has 0 saturated carbocycles. The number of carbonyl (C=O) groups is 8. The van der Waals surface area contributed by atoms with Crippen molar-refractivity contribution in [1.82, 2.24) is 0 Å². The van der Waals surface area contributed by atoms with Gasteiger partial charge in [0.15, 0.2) is 6.10 Å². The van der Waals surface area contributed by atoms with E-state index in [4.69, 9.17) is 30.6 Å². The number of carboxylic acid groups (broad SMARTS) is 6. The SMILES string of the molecule is O=C(O)CC(CC(=O)O)(OC(=O)CC(O)C(=O)OC(CC(=O)O)(CC(=O)O)C(=O)O)C(=O)O.[H-].[H-].[H-].[H-].[Mg+2].[Mg+2]. The summed E-state index contributed by atoms with van der Waals surface area (Å²) in [5.41, 5.74) is -6.34. The molecular formula is C16H22Mg2O17. The maximum absolute atomic E-state index is 12.0. The van der Waals surface area contributed by atoms with Gasteiger partial charge in [-0.1, -0.05) is 0 Å². The van der Waals surface area contributed by atoms with Gasteiger partial charge in [-0.15, -0.1) is 0 Å². The molecule has 0 bridgehead atoms. The van der Waals surface area contributed by atoms with Crippen LogP contribution in [-0.4, -0.2) is 147 Å². The van der Waals surface area contributed by atoms with Gasteiger partial charge in [0.1, 0.15) is 0 Å². The van der Waals surface area contributed by atoms with Gasteiger partial charge in [0.2, 0.25) is 11.2 Å². The van der Waals surface area contributed by atoms with Gasteiger partial charge in [0.25, 0.3) is 0 Å². The van der Waals surface area contributed by atoms with Crippen LogP contribution in [0.4, 0.5) is 0 Å². The van der Waals surface area contributed by atoms with Crippen molar-refractivity contribution >= 4 is 93.9 Å². The molecule has 0 aromatic heterocycles. The van der Waals surface area contributed by atoms with Crippen LogP contribution in [0.1, 0.15) is 37.8 Å². The Kier molecular flexibility index (Phi) is 16.1. The van der Waals surface area contributed by atoms with Gasteiger partial charge >= 0.3 is 93.9 Å². The first-order valence-electron chi connectivity index (χ1n) is 8.43. The fourth-order valence-electron chi connectivity index (χ4n) is 2.40. The van der Waals surface area contributed by atoms with Crippen molar-refractivity contribution in [3.8, 4) is 0 Å². The molecule has 0 radical (unpaired) electrons. The standard InChI is InChI=1S/C16H18O17.2Mg.4H/c17-6(12(27)33-16(14(30)31,4-9(22)23)5-10(24)25)1-11(26)32-15(13(28)29,2-7(18)19)3-8(20)21;;;;;;/h6,17H,1-5H2,(H,18,19)(H,20,21)(H,22,23)(H,24,25)(H,28,29)(H,30,31);;;;;;/q;2*+2;4*-1. The summed E-state index contributed by atoms with van der Waals surface area (Å²) in [5, 5.41) is 63.3. The molecule has 192 valence electrons. The van der Waals surface area contributed by atoms with Gasteiger partial charge in [0, 0.05) is 0 Å². The average molecular weight is 535 g/mol. The molecule has 17 nitrogen and oxygen atoms in total. The number of ether oxygens (including phenoxy) is 2. The molecule has 7 N–H and O–H groups in total. The maximum Gasteiger partial charge on any atom is 2.00 e. The second kappa shape index (κ2) is 15.3. The average Bonchev–Trinajstić information content (AvgIpc) is 2.58. The maximum atomic E-state index is 12.0. The summed E-state index contributed by atoms with van der Waals surface area (Å²) >= 11 is 0. The van der Waals surface area contributed by atoms with Crippen LogP contribution in [0, 0.1) is 0 Å². The van der Waals surface area contributed by atoms with Crippen molar-refractivity contribution in [2.75, 3.05) is 0 Å². The smallest absolute Gasteiger partial charge is 1.00 e. The minimum absolute atomic E-state index is 0. The Balaban J connectivity index is -0.000000341. The van der Waals surface area contributed by atoms with Gasteiger partial charge in [-0.3, -0.25) is 24.0 Å². The largest absolute Gasteiger partial charge is 2.00 e. The molecule has 35 heavy (non-hydrogen) atoms. The predicted octanol–water partition coefficient (Wildman–Crippen LogP) is -2.94. The van der Waals surface area contributed by atoms with E-state index in [1.165, 1.54) is 0 Å². The van der Waals surface area contributed by atoms with Crippen molar-refractivity contribution < 1.29 is 89.3 Å². The minimum Gasteiger partial charge on any atom is -1.00 e. The molecule has 19 heteroatoms. The molecule has 0 heterocycles. The molecule has 0 fully saturated rings. The zero-order valence-corrected chi connectivity index (χ0v) is 20.6. The van der Waals surface area contributed by atoms with Crippen molar-refractivity contribution in [3.05, 3.63) is 0 Å². The van der Waals surface area contributed by atoms with E-state index in [2.05, 4.69) is 9.47 Å². The van der Waals surface area contributed by atoms with E-state index in [9.17, 15) is 43.5 Å². The minimum atomic E-state index is -3.20. The van der Waals surface area contributed by atoms with Crippen LogP contribution < -0.4 is 0 Å². The molecule has 0 aliphatic carbocycles. The summed E-state index contributed by atoms with van der Waals surface area (Å²) in [6.07, 6.45) is -10.4. The van der Waals surface area contributed by atoms with Crippen molar-refractivity contribution in [3.63, 3.8) is 0 Å². The normalized spacial score (nSPS) is 11.5. The number of rotatable bonds is 15. The molecule has 0 spiro atoms. The Morgan fingerprint density at radius 2 is 0.886 bits per heavy atom. The van der Waals surface area contributed by atoms with Gasteiger partial charge < -0.3 is 50.9 Å². The molecule has 0 aliphatic heterocycles. The Labute approximate surface area is 232 Å². The summed E-state index contributed by atoms with van der Waals surface area (Å²) in [4.78, 5) is 90.3. The van der Waals surface area contributed by atoms with Gasteiger partial charge in [-0.25, -0.2) is 14.4 Å². The molecular weight excluding hydrogens is 513 g/mol. The van der Waals surface area contributed by atoms with Crippen LogP contribution in [0.5, 0.6) is 0 Å². The Bertz CT molecular complexity index is 853. The van der Waals surface area contributed by atoms with Crippen LogP contribution in [0.3, 0.4) is 0 Å². The van der Waals surface area contributed by atoms with E-state index in [0.717, 1.165) is 0 Å². The van der Waals surface area contributed by atoms with E-state index in [1.807, 2.05) is 0 Å². The molecule has 0 rings (SSSR count). The summed E-state index contributed by atoms with van der Waals surface area (Å²) in [6, 6.07) is 0. The third-order valence-electron chi connectivity index (χ3n) is 3.76. The van der Waals surface area contributed by atoms with Crippen molar-refractivity contribution in [2.24, 2.45) is 0 Å². The second-order valence-corrected chi connectivity index (χ2v) is 6.50. The van der Waals surface area contributed by atoms with Gasteiger partial charge in [0.05, 0.1) is 32.1 Å². The third-order valence-corrected chi connectivity index (χ3v) is 3.76. The number of esters is 2. The summed E-state index contributed by atoms with van der Waals surface area (Å²) in [6.45, 7) is 0. The van der Waals surface area contributed by atoms with E-state index in [0.29, 0.717) is 0 Å². The summed E-state index contributed by atoms with van der Waals surface area (Å²) in [7, 11) is 0. The number of hydrogen-bond acceptors (Lipinski definition) is 11. The number of hydrogen-bond donors (Lipinski definition) is 7. The topological polar surface area (TPSA) is 297 Å². The Hall–Kier alpha value is -2.75. The first-order valence-corrected chi connectivity index (χ1v) is 8.43. The second-order valence-electron chi connectivity index (χ2n) is 6.50. The van der Waals surface area contributed by atoms with E-state index in [1.54, 1.807) is 0 Å². The molecule has 0 amide bonds. The number of aliphatic carboxylic acids is 6. The number of carbonyl (C=O) groups excluding carboxylic acids is 2. The third kappa shape index (κ3) is 12.0. The number of aliphatic hydroxyl groups excluding tert-OH is 1. The molecule has 1 atom stereocenters. The van der Waals surface area contributed by atoms with Crippen LogP contribution in [0.25, 0.3) is 0 Å². The first kappa shape index (κ1) is 36.8. The zero-order valence-electron chi connectivity index (χ0n) is 21.7. The quantitative estimate of drug-likeness (QED) is 0.0815. The van der Waals surface area contributed by atoms with Crippen LogP contribution in [0.2, 0.25) is 0 Å². The first-order chi connectivity index (χ1) is 15.0. The Morgan fingerprint density at radius 3 is 1.14 bits per heavy atom. The molecule has 1 unspecified atom stereocenters. The predicted molar refractivity (Wildman–Crippen MR) is 109 cm³/mol. The fourth-order valence-corrected chi connectivity index (χ4v) is 2.40. The van der Waals surface area contributed by atoms with Crippen LogP contribution in [0.15, 0.2) is 0 Å². The summed E-state index contributed by atoms with van der Waals surface area (Å²) < 4.78 is 8.70. The fraction of sp³-hybridized carbons (Fsp3) is 0.500. The van der Waals surface area contributed by atoms with E-state index < -0.39 is 97.2 Å². The van der Waals surface area contributed by atoms with Gasteiger partial charge in [-0.05, 0) is 0 Å². The monoisotopic (exact) mass is 534 g/mol. The van der Waals surface area contributed by atoms with Crippen molar-refractivity contribution in [2.45, 2.75) is 49.4 Å². The Morgan fingerprint density at radius 1 is 0.600 bits per heavy atom. The number of aliphatic hydroxyl groups is 1. The molecule has 0 saturated heterocycles. The van der Waals surface area contributed by atoms with Gasteiger partial charge in [-0.2, -0.15) is 0 Å². The van der Waals surface area contributed by atoms with Crippen molar-refractivity contribution in [1.29, 1.82) is 0 Å². The van der Waals surface area contributed by atoms with E-state index in [-0.39, 0.29) is 51.8 Å². The molecule has 0 aliphatic rings. The number of carboxylic acids is 6. The van der Waals surface area contributed by atoms with Crippen LogP contribution >= 0.6 is 0 Å². The zero-order chi connectivity index (χ0) is 26.1.